The Morgan fingerprint density at radius 1 is 1.38 bits per heavy atom. The third-order valence-corrected chi connectivity index (χ3v) is 5.19. The van der Waals surface area contributed by atoms with Gasteiger partial charge in [-0.05, 0) is 36.2 Å². The number of halogens is 2. The van der Waals surface area contributed by atoms with Gasteiger partial charge < -0.3 is 25.0 Å². The van der Waals surface area contributed by atoms with E-state index in [-0.39, 0.29) is 11.9 Å². The van der Waals surface area contributed by atoms with Crippen LogP contribution < -0.4 is 25.0 Å². The summed E-state index contributed by atoms with van der Waals surface area (Å²) in [6, 6.07) is 6.95. The standard InChI is InChI=1S/C20H23ClFN5O2/c1-23-20(25-11-13-9-15(21)18-17(10-13)28-7-8-29-18)26-14-4-6-27(12-14)19-16(22)3-2-5-24-19/h2-3,5,9-10,14H,4,6-8,11-12H2,1H3,(H2,23,25,26). The fourth-order valence-corrected chi connectivity index (χ4v) is 3.81. The lowest BCUT2D eigenvalue weighted by Crippen LogP contribution is -2.44. The first-order valence-electron chi connectivity index (χ1n) is 9.54. The van der Waals surface area contributed by atoms with Gasteiger partial charge in [0.05, 0.1) is 5.02 Å². The maximum atomic E-state index is 14.0. The first-order valence-corrected chi connectivity index (χ1v) is 9.92. The molecule has 2 aliphatic heterocycles. The number of pyridine rings is 1. The molecule has 7 nitrogen and oxygen atoms in total. The van der Waals surface area contributed by atoms with Gasteiger partial charge in [-0.3, -0.25) is 4.99 Å². The Balaban J connectivity index is 1.34. The average Bonchev–Trinajstić information content (AvgIpc) is 3.20. The molecule has 1 unspecified atom stereocenters. The average molecular weight is 420 g/mol. The fourth-order valence-electron chi connectivity index (χ4n) is 3.52. The Hall–Kier alpha value is -2.74. The predicted molar refractivity (Wildman–Crippen MR) is 111 cm³/mol. The van der Waals surface area contributed by atoms with Crippen molar-refractivity contribution < 1.29 is 13.9 Å². The number of hydrogen-bond acceptors (Lipinski definition) is 5. The molecule has 1 atom stereocenters. The van der Waals surface area contributed by atoms with E-state index in [1.54, 1.807) is 19.3 Å². The second-order valence-electron chi connectivity index (χ2n) is 6.91. The van der Waals surface area contributed by atoms with E-state index in [0.29, 0.717) is 54.6 Å². The molecule has 29 heavy (non-hydrogen) atoms. The summed E-state index contributed by atoms with van der Waals surface area (Å²) in [4.78, 5) is 10.4. The summed E-state index contributed by atoms with van der Waals surface area (Å²) in [5.74, 6) is 2.02. The Bertz CT molecular complexity index is 910. The number of rotatable bonds is 4. The highest BCUT2D eigenvalue weighted by molar-refractivity contribution is 6.32. The maximum absolute atomic E-state index is 14.0. The molecule has 2 N–H and O–H groups in total. The summed E-state index contributed by atoms with van der Waals surface area (Å²) < 4.78 is 25.1. The zero-order valence-electron chi connectivity index (χ0n) is 16.1. The fraction of sp³-hybridized carbons (Fsp3) is 0.400. The lowest BCUT2D eigenvalue weighted by atomic mass is 10.2. The molecule has 1 fully saturated rings. The van der Waals surface area contributed by atoms with Gasteiger partial charge in [-0.2, -0.15) is 0 Å². The van der Waals surface area contributed by atoms with Crippen LogP contribution in [0.15, 0.2) is 35.5 Å². The van der Waals surface area contributed by atoms with Crippen LogP contribution in [0.2, 0.25) is 5.02 Å². The quantitative estimate of drug-likeness (QED) is 0.586. The van der Waals surface area contributed by atoms with Crippen LogP contribution in [0.5, 0.6) is 11.5 Å². The summed E-state index contributed by atoms with van der Waals surface area (Å²) in [6.45, 7) is 2.94. The molecule has 4 rings (SSSR count). The molecule has 0 radical (unpaired) electrons. The molecule has 1 saturated heterocycles. The topological polar surface area (TPSA) is 71.0 Å². The summed E-state index contributed by atoms with van der Waals surface area (Å²) in [7, 11) is 1.72. The molecule has 0 bridgehead atoms. The van der Waals surface area contributed by atoms with Crippen LogP contribution in [0.3, 0.4) is 0 Å². The van der Waals surface area contributed by atoms with E-state index in [2.05, 4.69) is 20.6 Å². The normalized spacial score (nSPS) is 18.7. The van der Waals surface area contributed by atoms with Crippen LogP contribution in [0.1, 0.15) is 12.0 Å². The Kier molecular flexibility index (Phi) is 5.89. The van der Waals surface area contributed by atoms with Crippen molar-refractivity contribution in [2.75, 3.05) is 38.3 Å². The molecule has 1 aromatic heterocycles. The van der Waals surface area contributed by atoms with E-state index in [9.17, 15) is 4.39 Å². The summed E-state index contributed by atoms with van der Waals surface area (Å²) >= 11 is 6.30. The van der Waals surface area contributed by atoms with Gasteiger partial charge in [0, 0.05) is 38.9 Å². The number of nitrogens with zero attached hydrogens (tertiary/aromatic N) is 3. The second-order valence-corrected chi connectivity index (χ2v) is 7.32. The Morgan fingerprint density at radius 3 is 3.07 bits per heavy atom. The van der Waals surface area contributed by atoms with Crippen molar-refractivity contribution in [3.63, 3.8) is 0 Å². The molecular formula is C20H23ClFN5O2. The summed E-state index contributed by atoms with van der Waals surface area (Å²) in [6.07, 6.45) is 2.48. The van der Waals surface area contributed by atoms with Crippen LogP contribution in [0.25, 0.3) is 0 Å². The molecule has 0 amide bonds. The summed E-state index contributed by atoms with van der Waals surface area (Å²) in [5, 5.41) is 7.21. The molecule has 1 aromatic carbocycles. The lowest BCUT2D eigenvalue weighted by molar-refractivity contribution is 0.171. The zero-order valence-corrected chi connectivity index (χ0v) is 16.9. The second kappa shape index (κ2) is 8.73. The molecule has 0 saturated carbocycles. The van der Waals surface area contributed by atoms with Crippen LogP contribution in [0.4, 0.5) is 10.2 Å². The Morgan fingerprint density at radius 2 is 2.24 bits per heavy atom. The van der Waals surface area contributed by atoms with Gasteiger partial charge in [0.25, 0.3) is 0 Å². The van der Waals surface area contributed by atoms with Crippen molar-refractivity contribution in [3.05, 3.63) is 46.9 Å². The minimum Gasteiger partial charge on any atom is -0.486 e. The van der Waals surface area contributed by atoms with Gasteiger partial charge in [-0.1, -0.05) is 11.6 Å². The van der Waals surface area contributed by atoms with Crippen molar-refractivity contribution in [1.82, 2.24) is 15.6 Å². The van der Waals surface area contributed by atoms with Crippen molar-refractivity contribution in [2.24, 2.45) is 4.99 Å². The van der Waals surface area contributed by atoms with Crippen LogP contribution in [0, 0.1) is 5.82 Å². The number of guanidine groups is 1. The first-order chi connectivity index (χ1) is 14.1. The number of ether oxygens (including phenoxy) is 2. The lowest BCUT2D eigenvalue weighted by Gasteiger charge is -2.21. The minimum atomic E-state index is -0.300. The number of fused-ring (bicyclic) bond motifs is 1. The van der Waals surface area contributed by atoms with Gasteiger partial charge in [-0.25, -0.2) is 9.37 Å². The van der Waals surface area contributed by atoms with Crippen LogP contribution in [-0.2, 0) is 6.54 Å². The molecular weight excluding hydrogens is 397 g/mol. The van der Waals surface area contributed by atoms with Crippen molar-refractivity contribution >= 4 is 23.4 Å². The highest BCUT2D eigenvalue weighted by atomic mass is 35.5. The van der Waals surface area contributed by atoms with E-state index in [4.69, 9.17) is 21.1 Å². The smallest absolute Gasteiger partial charge is 0.191 e. The highest BCUT2D eigenvalue weighted by Crippen LogP contribution is 2.38. The number of anilines is 1. The molecule has 9 heteroatoms. The van der Waals surface area contributed by atoms with Crippen LogP contribution in [-0.4, -0.2) is 50.3 Å². The monoisotopic (exact) mass is 419 g/mol. The maximum Gasteiger partial charge on any atom is 0.191 e. The largest absolute Gasteiger partial charge is 0.486 e. The molecule has 3 heterocycles. The van der Waals surface area contributed by atoms with E-state index in [1.807, 2.05) is 17.0 Å². The van der Waals surface area contributed by atoms with E-state index < -0.39 is 0 Å². The van der Waals surface area contributed by atoms with Gasteiger partial charge in [0.15, 0.2) is 29.1 Å². The third-order valence-electron chi connectivity index (χ3n) is 4.91. The van der Waals surface area contributed by atoms with E-state index in [1.165, 1.54) is 6.07 Å². The number of hydrogen-bond donors (Lipinski definition) is 2. The van der Waals surface area contributed by atoms with Gasteiger partial charge in [0.1, 0.15) is 13.2 Å². The highest BCUT2D eigenvalue weighted by Gasteiger charge is 2.26. The first kappa shape index (κ1) is 19.6. The predicted octanol–water partition coefficient (Wildman–Crippen LogP) is 2.59. The van der Waals surface area contributed by atoms with Gasteiger partial charge in [-0.15, -0.1) is 0 Å². The number of aliphatic imine (C=N–C) groups is 1. The van der Waals surface area contributed by atoms with Crippen LogP contribution >= 0.6 is 11.6 Å². The van der Waals surface area contributed by atoms with Gasteiger partial charge >= 0.3 is 0 Å². The zero-order chi connectivity index (χ0) is 20.2. The summed E-state index contributed by atoms with van der Waals surface area (Å²) in [5.41, 5.74) is 0.964. The number of aromatic nitrogens is 1. The molecule has 2 aromatic rings. The van der Waals surface area contributed by atoms with Crippen molar-refractivity contribution in [2.45, 2.75) is 19.0 Å². The van der Waals surface area contributed by atoms with E-state index >= 15 is 0 Å². The molecule has 2 aliphatic rings. The third kappa shape index (κ3) is 4.48. The molecule has 0 aliphatic carbocycles. The number of benzene rings is 1. The van der Waals surface area contributed by atoms with E-state index in [0.717, 1.165) is 18.5 Å². The molecule has 154 valence electrons. The Labute approximate surface area is 173 Å². The molecule has 0 spiro atoms. The van der Waals surface area contributed by atoms with Crippen molar-refractivity contribution in [1.29, 1.82) is 0 Å². The number of nitrogens with one attached hydrogen (secondary N) is 2. The van der Waals surface area contributed by atoms with Gasteiger partial charge in [0.2, 0.25) is 0 Å². The minimum absolute atomic E-state index is 0.145. The van der Waals surface area contributed by atoms with Crippen molar-refractivity contribution in [3.8, 4) is 11.5 Å². The SMILES string of the molecule is CN=C(NCc1cc(Cl)c2c(c1)OCCO2)NC1CCN(c2ncccc2F)C1.